The lowest BCUT2D eigenvalue weighted by Crippen LogP contribution is -2.17. The van der Waals surface area contributed by atoms with Crippen molar-refractivity contribution in [2.24, 2.45) is 5.92 Å². The molecular weight excluding hydrogens is 278 g/mol. The van der Waals surface area contributed by atoms with Crippen molar-refractivity contribution in [3.8, 4) is 0 Å². The zero-order valence-corrected chi connectivity index (χ0v) is 12.1. The monoisotopic (exact) mass is 297 g/mol. The van der Waals surface area contributed by atoms with Crippen LogP contribution in [0.1, 0.15) is 45.4 Å². The van der Waals surface area contributed by atoms with Crippen molar-refractivity contribution in [1.82, 2.24) is 9.97 Å². The molecule has 1 aromatic rings. The van der Waals surface area contributed by atoms with Crippen molar-refractivity contribution < 1.29 is 0 Å². The summed E-state index contributed by atoms with van der Waals surface area (Å²) < 4.78 is 0.879. The highest BCUT2D eigenvalue weighted by molar-refractivity contribution is 9.10. The largest absolute Gasteiger partial charge is 0.367 e. The zero-order valence-electron chi connectivity index (χ0n) is 10.5. The Bertz CT molecular complexity index is 381. The van der Waals surface area contributed by atoms with Crippen molar-refractivity contribution in [2.75, 3.05) is 5.32 Å². The number of halogens is 1. The summed E-state index contributed by atoms with van der Waals surface area (Å²) in [6, 6.07) is 2.56. The van der Waals surface area contributed by atoms with Crippen LogP contribution in [0.3, 0.4) is 0 Å². The summed E-state index contributed by atoms with van der Waals surface area (Å²) in [5, 5.41) is 3.53. The van der Waals surface area contributed by atoms with Crippen molar-refractivity contribution in [3.05, 3.63) is 16.5 Å². The molecule has 0 bridgehead atoms. The molecule has 2 unspecified atom stereocenters. The van der Waals surface area contributed by atoms with Crippen LogP contribution < -0.4 is 5.32 Å². The van der Waals surface area contributed by atoms with E-state index in [1.807, 2.05) is 6.07 Å². The van der Waals surface area contributed by atoms with Gasteiger partial charge in [0, 0.05) is 18.5 Å². The standard InChI is InChI=1S/C13H20BrN3/c1-3-4-12-16-11(14)8-13(17-12)15-10-6-5-9(2)7-10/h8-10H,3-7H2,1-2H3,(H,15,16,17). The van der Waals surface area contributed by atoms with E-state index < -0.39 is 0 Å². The van der Waals surface area contributed by atoms with Crippen LogP contribution in [0, 0.1) is 5.92 Å². The summed E-state index contributed by atoms with van der Waals surface area (Å²) >= 11 is 3.45. The number of nitrogens with zero attached hydrogens (tertiary/aromatic N) is 2. The summed E-state index contributed by atoms with van der Waals surface area (Å²) in [5.41, 5.74) is 0. The van der Waals surface area contributed by atoms with Crippen molar-refractivity contribution in [1.29, 1.82) is 0 Å². The molecule has 1 aromatic heterocycles. The lowest BCUT2D eigenvalue weighted by atomic mass is 10.1. The van der Waals surface area contributed by atoms with E-state index in [1.54, 1.807) is 0 Å². The molecule has 1 aliphatic rings. The second kappa shape index (κ2) is 5.80. The Hall–Kier alpha value is -0.640. The summed E-state index contributed by atoms with van der Waals surface area (Å²) in [5.74, 6) is 2.73. The molecule has 1 aliphatic carbocycles. The number of anilines is 1. The van der Waals surface area contributed by atoms with E-state index in [4.69, 9.17) is 0 Å². The molecule has 1 saturated carbocycles. The first-order chi connectivity index (χ1) is 8.17. The summed E-state index contributed by atoms with van der Waals surface area (Å²) in [7, 11) is 0. The third kappa shape index (κ3) is 3.66. The fraction of sp³-hybridized carbons (Fsp3) is 0.692. The number of aryl methyl sites for hydroxylation is 1. The van der Waals surface area contributed by atoms with Gasteiger partial charge in [0.15, 0.2) is 0 Å². The third-order valence-electron chi connectivity index (χ3n) is 3.26. The second-order valence-corrected chi connectivity index (χ2v) is 5.81. The average molecular weight is 298 g/mol. The van der Waals surface area contributed by atoms with Crippen LogP contribution in [0.15, 0.2) is 10.7 Å². The molecule has 0 aromatic carbocycles. The topological polar surface area (TPSA) is 37.8 Å². The number of hydrogen-bond donors (Lipinski definition) is 1. The Morgan fingerprint density at radius 3 is 2.88 bits per heavy atom. The number of nitrogens with one attached hydrogen (secondary N) is 1. The Labute approximate surface area is 112 Å². The van der Waals surface area contributed by atoms with Crippen LogP contribution in [0.5, 0.6) is 0 Å². The Balaban J connectivity index is 2.04. The highest BCUT2D eigenvalue weighted by Gasteiger charge is 2.21. The van der Waals surface area contributed by atoms with Gasteiger partial charge in [0.2, 0.25) is 0 Å². The summed E-state index contributed by atoms with van der Waals surface area (Å²) in [6.07, 6.45) is 5.86. The fourth-order valence-electron chi connectivity index (χ4n) is 2.42. The molecule has 94 valence electrons. The van der Waals surface area contributed by atoms with Crippen LogP contribution in [-0.2, 0) is 6.42 Å². The predicted molar refractivity (Wildman–Crippen MR) is 74.2 cm³/mol. The smallest absolute Gasteiger partial charge is 0.132 e. The van der Waals surface area contributed by atoms with Gasteiger partial charge in [-0.25, -0.2) is 9.97 Å². The minimum absolute atomic E-state index is 0.585. The molecule has 1 fully saturated rings. The Morgan fingerprint density at radius 1 is 1.41 bits per heavy atom. The predicted octanol–water partition coefficient (Wildman–Crippen LogP) is 3.79. The molecule has 0 aliphatic heterocycles. The van der Waals surface area contributed by atoms with Crippen LogP contribution >= 0.6 is 15.9 Å². The molecule has 1 heterocycles. The van der Waals surface area contributed by atoms with Gasteiger partial charge in [-0.15, -0.1) is 0 Å². The third-order valence-corrected chi connectivity index (χ3v) is 3.67. The molecule has 2 atom stereocenters. The number of rotatable bonds is 4. The highest BCUT2D eigenvalue weighted by atomic mass is 79.9. The van der Waals surface area contributed by atoms with Gasteiger partial charge in [-0.3, -0.25) is 0 Å². The maximum absolute atomic E-state index is 4.56. The van der Waals surface area contributed by atoms with Crippen molar-refractivity contribution in [2.45, 2.75) is 52.0 Å². The van der Waals surface area contributed by atoms with Gasteiger partial charge in [-0.05, 0) is 47.5 Å². The van der Waals surface area contributed by atoms with E-state index in [-0.39, 0.29) is 0 Å². The molecule has 4 heteroatoms. The zero-order chi connectivity index (χ0) is 12.3. The van der Waals surface area contributed by atoms with E-state index in [1.165, 1.54) is 19.3 Å². The van der Waals surface area contributed by atoms with E-state index in [2.05, 4.69) is 45.1 Å². The highest BCUT2D eigenvalue weighted by Crippen LogP contribution is 2.27. The molecule has 1 N–H and O–H groups in total. The maximum atomic E-state index is 4.56. The van der Waals surface area contributed by atoms with Crippen LogP contribution in [-0.4, -0.2) is 16.0 Å². The van der Waals surface area contributed by atoms with E-state index in [0.717, 1.165) is 35.0 Å². The lowest BCUT2D eigenvalue weighted by molar-refractivity contribution is 0.602. The molecule has 0 saturated heterocycles. The normalized spacial score (nSPS) is 23.9. The number of aromatic nitrogens is 2. The first-order valence-electron chi connectivity index (χ1n) is 6.47. The van der Waals surface area contributed by atoms with Gasteiger partial charge in [0.25, 0.3) is 0 Å². The first kappa shape index (κ1) is 12.8. The van der Waals surface area contributed by atoms with Gasteiger partial charge < -0.3 is 5.32 Å². The van der Waals surface area contributed by atoms with E-state index in [0.29, 0.717) is 6.04 Å². The van der Waals surface area contributed by atoms with Gasteiger partial charge >= 0.3 is 0 Å². The molecule has 0 spiro atoms. The molecule has 0 amide bonds. The van der Waals surface area contributed by atoms with Gasteiger partial charge in [0.1, 0.15) is 16.2 Å². The SMILES string of the molecule is CCCc1nc(Br)cc(NC2CCC(C)C2)n1. The average Bonchev–Trinajstić information content (AvgIpc) is 2.63. The second-order valence-electron chi connectivity index (χ2n) is 5.00. The Kier molecular flexibility index (Phi) is 4.37. The molecule has 0 radical (unpaired) electrons. The van der Waals surface area contributed by atoms with Crippen LogP contribution in [0.4, 0.5) is 5.82 Å². The summed E-state index contributed by atoms with van der Waals surface area (Å²) in [6.45, 7) is 4.47. The van der Waals surface area contributed by atoms with Gasteiger partial charge in [0.05, 0.1) is 0 Å². The number of hydrogen-bond acceptors (Lipinski definition) is 3. The fourth-order valence-corrected chi connectivity index (χ4v) is 2.84. The minimum atomic E-state index is 0.585. The molecular formula is C13H20BrN3. The first-order valence-corrected chi connectivity index (χ1v) is 7.26. The quantitative estimate of drug-likeness (QED) is 0.859. The van der Waals surface area contributed by atoms with E-state index >= 15 is 0 Å². The maximum Gasteiger partial charge on any atom is 0.132 e. The molecule has 17 heavy (non-hydrogen) atoms. The van der Waals surface area contributed by atoms with Crippen molar-refractivity contribution in [3.63, 3.8) is 0 Å². The Morgan fingerprint density at radius 2 is 2.24 bits per heavy atom. The molecule has 2 rings (SSSR count). The lowest BCUT2D eigenvalue weighted by Gasteiger charge is -2.14. The van der Waals surface area contributed by atoms with Crippen LogP contribution in [0.25, 0.3) is 0 Å². The van der Waals surface area contributed by atoms with Crippen molar-refractivity contribution >= 4 is 21.7 Å². The summed E-state index contributed by atoms with van der Waals surface area (Å²) in [4.78, 5) is 8.94. The van der Waals surface area contributed by atoms with Gasteiger partial charge in [-0.1, -0.05) is 13.8 Å². The van der Waals surface area contributed by atoms with Crippen LogP contribution in [0.2, 0.25) is 0 Å². The van der Waals surface area contributed by atoms with E-state index in [9.17, 15) is 0 Å². The van der Waals surface area contributed by atoms with Gasteiger partial charge in [-0.2, -0.15) is 0 Å². The minimum Gasteiger partial charge on any atom is -0.367 e. The molecule has 3 nitrogen and oxygen atoms in total.